The van der Waals surface area contributed by atoms with Gasteiger partial charge in [-0.15, -0.1) is 0 Å². The third-order valence-electron chi connectivity index (χ3n) is 2.57. The van der Waals surface area contributed by atoms with Crippen LogP contribution in [-0.4, -0.2) is 43.3 Å². The van der Waals surface area contributed by atoms with Crippen molar-refractivity contribution in [3.63, 3.8) is 0 Å². The Hall–Kier alpha value is -1.03. The summed E-state index contributed by atoms with van der Waals surface area (Å²) < 4.78 is 10.5. The van der Waals surface area contributed by atoms with Gasteiger partial charge in [0.25, 0.3) is 0 Å². The van der Waals surface area contributed by atoms with Crippen molar-refractivity contribution in [1.29, 1.82) is 0 Å². The minimum atomic E-state index is -0.244. The summed E-state index contributed by atoms with van der Waals surface area (Å²) in [6.07, 6.45) is 4.15. The van der Waals surface area contributed by atoms with E-state index < -0.39 is 0 Å². The minimum absolute atomic E-state index is 0.244. The Balaban J connectivity index is 2.28. The van der Waals surface area contributed by atoms with Gasteiger partial charge >= 0.3 is 5.97 Å². The molecular weight excluding hydrogens is 206 g/mol. The van der Waals surface area contributed by atoms with Crippen LogP contribution in [0.15, 0.2) is 12.3 Å². The number of carbonyl (C=O) groups is 1. The molecule has 4 heteroatoms. The van der Waals surface area contributed by atoms with Crippen molar-refractivity contribution in [2.75, 3.05) is 26.3 Å². The summed E-state index contributed by atoms with van der Waals surface area (Å²) in [5.74, 6) is 0.288. The zero-order chi connectivity index (χ0) is 12.0. The van der Waals surface area contributed by atoms with Crippen molar-refractivity contribution in [1.82, 2.24) is 4.90 Å². The Kier molecular flexibility index (Phi) is 5.32. The summed E-state index contributed by atoms with van der Waals surface area (Å²) in [6, 6.07) is 0. The van der Waals surface area contributed by atoms with Crippen LogP contribution in [0.3, 0.4) is 0 Å². The van der Waals surface area contributed by atoms with Crippen LogP contribution in [0.5, 0.6) is 0 Å². The van der Waals surface area contributed by atoms with Gasteiger partial charge in [0, 0.05) is 20.0 Å². The van der Waals surface area contributed by atoms with Crippen LogP contribution in [0, 0.1) is 5.92 Å². The molecular formula is C12H21NO3. The highest BCUT2D eigenvalue weighted by molar-refractivity contribution is 5.65. The Bertz CT molecular complexity index is 251. The van der Waals surface area contributed by atoms with E-state index in [1.165, 1.54) is 6.92 Å². The maximum atomic E-state index is 10.5. The summed E-state index contributed by atoms with van der Waals surface area (Å²) in [5, 5.41) is 0. The monoisotopic (exact) mass is 227 g/mol. The predicted molar refractivity (Wildman–Crippen MR) is 61.9 cm³/mol. The van der Waals surface area contributed by atoms with E-state index >= 15 is 0 Å². The molecule has 1 aliphatic rings. The first-order valence-electron chi connectivity index (χ1n) is 5.75. The van der Waals surface area contributed by atoms with Crippen LogP contribution in [-0.2, 0) is 14.3 Å². The highest BCUT2D eigenvalue weighted by atomic mass is 16.5. The summed E-state index contributed by atoms with van der Waals surface area (Å²) >= 11 is 0. The number of nitrogens with zero attached hydrogens (tertiary/aromatic N) is 1. The van der Waals surface area contributed by atoms with Crippen molar-refractivity contribution < 1.29 is 14.3 Å². The van der Waals surface area contributed by atoms with E-state index in [-0.39, 0.29) is 5.97 Å². The van der Waals surface area contributed by atoms with Gasteiger partial charge in [-0.3, -0.25) is 4.79 Å². The van der Waals surface area contributed by atoms with E-state index in [2.05, 4.69) is 18.7 Å². The van der Waals surface area contributed by atoms with E-state index in [1.807, 2.05) is 12.3 Å². The summed E-state index contributed by atoms with van der Waals surface area (Å²) in [7, 11) is 0. The van der Waals surface area contributed by atoms with Gasteiger partial charge in [-0.1, -0.05) is 13.8 Å². The Labute approximate surface area is 97.2 Å². The first-order valence-corrected chi connectivity index (χ1v) is 5.75. The fourth-order valence-electron chi connectivity index (χ4n) is 1.59. The lowest BCUT2D eigenvalue weighted by molar-refractivity contribution is -0.139. The molecule has 1 aliphatic heterocycles. The molecule has 16 heavy (non-hydrogen) atoms. The topological polar surface area (TPSA) is 38.8 Å². The van der Waals surface area contributed by atoms with Gasteiger partial charge in [0.15, 0.2) is 0 Å². The highest BCUT2D eigenvalue weighted by Crippen LogP contribution is 2.13. The molecule has 0 aromatic heterocycles. The van der Waals surface area contributed by atoms with Gasteiger partial charge in [0.1, 0.15) is 6.61 Å². The highest BCUT2D eigenvalue weighted by Gasteiger charge is 2.20. The quantitative estimate of drug-likeness (QED) is 0.681. The molecule has 1 fully saturated rings. The Morgan fingerprint density at radius 2 is 2.38 bits per heavy atom. The number of ether oxygens (including phenoxy) is 2. The van der Waals surface area contributed by atoms with Gasteiger partial charge < -0.3 is 14.4 Å². The Morgan fingerprint density at radius 3 is 3.00 bits per heavy atom. The number of hydrogen-bond donors (Lipinski definition) is 0. The Morgan fingerprint density at radius 1 is 1.62 bits per heavy atom. The predicted octanol–water partition coefficient (Wildman–Crippen LogP) is 1.42. The molecule has 0 amide bonds. The molecule has 0 N–H and O–H groups in total. The molecule has 0 bridgehead atoms. The molecule has 0 aromatic rings. The van der Waals surface area contributed by atoms with Crippen molar-refractivity contribution >= 4 is 5.97 Å². The first kappa shape index (κ1) is 13.0. The van der Waals surface area contributed by atoms with Crippen LogP contribution in [0.1, 0.15) is 20.8 Å². The maximum absolute atomic E-state index is 10.5. The van der Waals surface area contributed by atoms with E-state index in [0.717, 1.165) is 19.7 Å². The SMILES string of the molecule is CC(=O)OCC=CN1CCOC(C(C)C)C1. The van der Waals surface area contributed by atoms with Crippen molar-refractivity contribution in [3.8, 4) is 0 Å². The summed E-state index contributed by atoms with van der Waals surface area (Å²) in [6.45, 7) is 8.67. The molecule has 0 spiro atoms. The molecule has 0 saturated carbocycles. The standard InChI is InChI=1S/C12H21NO3/c1-10(2)12-9-13(6-8-16-12)5-4-7-15-11(3)14/h4-5,10,12H,6-9H2,1-3H3. The van der Waals surface area contributed by atoms with Gasteiger partial charge in [-0.05, 0) is 18.2 Å². The second-order valence-electron chi connectivity index (χ2n) is 4.34. The fourth-order valence-corrected chi connectivity index (χ4v) is 1.59. The van der Waals surface area contributed by atoms with Crippen LogP contribution in [0.2, 0.25) is 0 Å². The molecule has 1 heterocycles. The minimum Gasteiger partial charge on any atom is -0.462 e. The zero-order valence-electron chi connectivity index (χ0n) is 10.3. The number of esters is 1. The van der Waals surface area contributed by atoms with Crippen LogP contribution < -0.4 is 0 Å². The van der Waals surface area contributed by atoms with Crippen LogP contribution in [0.4, 0.5) is 0 Å². The van der Waals surface area contributed by atoms with Crippen molar-refractivity contribution in [2.45, 2.75) is 26.9 Å². The number of rotatable bonds is 4. The third kappa shape index (κ3) is 4.66. The smallest absolute Gasteiger partial charge is 0.302 e. The molecule has 0 aliphatic carbocycles. The molecule has 1 unspecified atom stereocenters. The molecule has 1 saturated heterocycles. The zero-order valence-corrected chi connectivity index (χ0v) is 10.3. The van der Waals surface area contributed by atoms with Gasteiger partial charge in [0.2, 0.25) is 0 Å². The average Bonchev–Trinajstić information content (AvgIpc) is 2.24. The van der Waals surface area contributed by atoms with Gasteiger partial charge in [-0.25, -0.2) is 0 Å². The van der Waals surface area contributed by atoms with E-state index in [4.69, 9.17) is 9.47 Å². The molecule has 0 radical (unpaired) electrons. The van der Waals surface area contributed by atoms with E-state index in [0.29, 0.717) is 18.6 Å². The lowest BCUT2D eigenvalue weighted by atomic mass is 10.1. The summed E-state index contributed by atoms with van der Waals surface area (Å²) in [4.78, 5) is 12.8. The normalized spacial score (nSPS) is 21.8. The van der Waals surface area contributed by atoms with Crippen molar-refractivity contribution in [2.24, 2.45) is 5.92 Å². The molecule has 0 aromatic carbocycles. The summed E-state index contributed by atoms with van der Waals surface area (Å²) in [5.41, 5.74) is 0. The molecule has 4 nitrogen and oxygen atoms in total. The third-order valence-corrected chi connectivity index (χ3v) is 2.57. The fraction of sp³-hybridized carbons (Fsp3) is 0.750. The number of morpholine rings is 1. The molecule has 92 valence electrons. The van der Waals surface area contributed by atoms with Crippen molar-refractivity contribution in [3.05, 3.63) is 12.3 Å². The number of carbonyl (C=O) groups excluding carboxylic acids is 1. The van der Waals surface area contributed by atoms with Gasteiger partial charge in [-0.2, -0.15) is 0 Å². The molecule has 1 rings (SSSR count). The van der Waals surface area contributed by atoms with Crippen LogP contribution in [0.25, 0.3) is 0 Å². The number of hydrogen-bond acceptors (Lipinski definition) is 4. The second kappa shape index (κ2) is 6.53. The lowest BCUT2D eigenvalue weighted by Crippen LogP contribution is -2.41. The van der Waals surface area contributed by atoms with E-state index in [9.17, 15) is 4.79 Å². The largest absolute Gasteiger partial charge is 0.462 e. The average molecular weight is 227 g/mol. The second-order valence-corrected chi connectivity index (χ2v) is 4.34. The maximum Gasteiger partial charge on any atom is 0.302 e. The van der Waals surface area contributed by atoms with Gasteiger partial charge in [0.05, 0.1) is 12.7 Å². The molecule has 1 atom stereocenters. The van der Waals surface area contributed by atoms with E-state index in [1.54, 1.807) is 0 Å². The first-order chi connectivity index (χ1) is 7.59. The van der Waals surface area contributed by atoms with Crippen LogP contribution >= 0.6 is 0 Å². The lowest BCUT2D eigenvalue weighted by Gasteiger charge is -2.34.